The minimum Gasteiger partial charge on any atom is -0.593 e. The Bertz CT molecular complexity index is 1470. The minimum atomic E-state index is -1.44. The average Bonchev–Trinajstić information content (AvgIpc) is 3.54. The third kappa shape index (κ3) is 7.53. The first-order valence-corrected chi connectivity index (χ1v) is 14.5. The molecule has 0 bridgehead atoms. The molecule has 2 aromatic carbocycles. The third-order valence-corrected chi connectivity index (χ3v) is 7.72. The SMILES string of the molecule is COc1cc(Nc2nccc(-c3ccc(OC4CCOCC4)c(C#N)c3)n2)ccc1[S+]([O-])NCCCn1ccnc1. The van der Waals surface area contributed by atoms with Crippen LogP contribution in [0.3, 0.4) is 0 Å². The fraction of sp³-hybridized carbons (Fsp3) is 0.310. The number of hydrogen-bond donors (Lipinski definition) is 2. The Kier molecular flexibility index (Phi) is 9.66. The second-order valence-corrected chi connectivity index (χ2v) is 10.6. The van der Waals surface area contributed by atoms with E-state index in [1.54, 1.807) is 49.1 Å². The zero-order chi connectivity index (χ0) is 28.4. The molecule has 1 saturated heterocycles. The standard InChI is InChI=1S/C29H31N7O4S/c1-38-27-18-23(4-6-28(27)41(37)33-10-2-13-36-14-12-31-20-36)34-29-32-11-7-25(35-29)21-3-5-26(22(17-21)19-30)40-24-8-15-39-16-9-24/h3-7,11-12,14,17-18,20,24,33H,2,8-10,13,15-16H2,1H3,(H,32,34,35). The van der Waals surface area contributed by atoms with E-state index in [-0.39, 0.29) is 6.10 Å². The molecular formula is C29H31N7O4S. The van der Waals surface area contributed by atoms with Crippen molar-refractivity contribution in [3.8, 4) is 28.8 Å². The minimum absolute atomic E-state index is 0.0426. The molecular weight excluding hydrogens is 542 g/mol. The number of hydrogen-bond acceptors (Lipinski definition) is 10. The van der Waals surface area contributed by atoms with Gasteiger partial charge in [0.2, 0.25) is 10.8 Å². The van der Waals surface area contributed by atoms with E-state index in [0.717, 1.165) is 31.4 Å². The molecule has 12 heteroatoms. The van der Waals surface area contributed by atoms with E-state index < -0.39 is 11.4 Å². The van der Waals surface area contributed by atoms with Crippen molar-refractivity contribution in [1.29, 1.82) is 5.26 Å². The number of benzene rings is 2. The van der Waals surface area contributed by atoms with Crippen LogP contribution in [0.15, 0.2) is 72.3 Å². The number of ether oxygens (including phenoxy) is 3. The van der Waals surface area contributed by atoms with E-state index in [2.05, 4.69) is 31.1 Å². The van der Waals surface area contributed by atoms with E-state index in [1.807, 2.05) is 22.9 Å². The van der Waals surface area contributed by atoms with Crippen LogP contribution >= 0.6 is 0 Å². The number of nitriles is 1. The Morgan fingerprint density at radius 2 is 2.02 bits per heavy atom. The van der Waals surface area contributed by atoms with Crippen molar-refractivity contribution in [3.63, 3.8) is 0 Å². The maximum Gasteiger partial charge on any atom is 0.227 e. The van der Waals surface area contributed by atoms with Crippen molar-refractivity contribution in [2.45, 2.75) is 36.8 Å². The lowest BCUT2D eigenvalue weighted by molar-refractivity contribution is 0.0254. The van der Waals surface area contributed by atoms with E-state index >= 15 is 0 Å². The molecule has 0 spiro atoms. The molecule has 0 radical (unpaired) electrons. The highest BCUT2D eigenvalue weighted by Gasteiger charge is 2.19. The zero-order valence-corrected chi connectivity index (χ0v) is 23.5. The Hall–Kier alpha value is -4.15. The summed E-state index contributed by atoms with van der Waals surface area (Å²) in [5.74, 6) is 1.41. The lowest BCUT2D eigenvalue weighted by atomic mass is 10.1. The van der Waals surface area contributed by atoms with Gasteiger partial charge in [0.1, 0.15) is 17.9 Å². The molecule has 1 unspecified atom stereocenters. The summed E-state index contributed by atoms with van der Waals surface area (Å²) in [5.41, 5.74) is 2.55. The topological polar surface area (TPSA) is 142 Å². The third-order valence-electron chi connectivity index (χ3n) is 6.52. The first-order chi connectivity index (χ1) is 20.1. The molecule has 1 aliphatic heterocycles. The number of aromatic nitrogens is 4. The fourth-order valence-corrected chi connectivity index (χ4v) is 5.39. The molecule has 5 rings (SSSR count). The summed E-state index contributed by atoms with van der Waals surface area (Å²) in [4.78, 5) is 13.5. The van der Waals surface area contributed by atoms with Gasteiger partial charge in [0.15, 0.2) is 5.75 Å². The normalized spacial score (nSPS) is 14.3. The van der Waals surface area contributed by atoms with Gasteiger partial charge in [-0.1, -0.05) is 0 Å². The Morgan fingerprint density at radius 3 is 2.80 bits per heavy atom. The second-order valence-electron chi connectivity index (χ2n) is 9.33. The molecule has 1 atom stereocenters. The van der Waals surface area contributed by atoms with Crippen molar-refractivity contribution in [2.24, 2.45) is 0 Å². The van der Waals surface area contributed by atoms with Crippen LogP contribution in [0.2, 0.25) is 0 Å². The molecule has 212 valence electrons. The van der Waals surface area contributed by atoms with Gasteiger partial charge in [-0.3, -0.25) is 0 Å². The van der Waals surface area contributed by atoms with Crippen molar-refractivity contribution in [1.82, 2.24) is 24.2 Å². The number of rotatable bonds is 12. The van der Waals surface area contributed by atoms with Crippen molar-refractivity contribution in [3.05, 3.63) is 72.9 Å². The highest BCUT2D eigenvalue weighted by atomic mass is 32.2. The van der Waals surface area contributed by atoms with Crippen LogP contribution in [-0.2, 0) is 22.6 Å². The van der Waals surface area contributed by atoms with Crippen molar-refractivity contribution < 1.29 is 18.8 Å². The molecule has 3 heterocycles. The second kappa shape index (κ2) is 14.0. The number of methoxy groups -OCH3 is 1. The quantitative estimate of drug-likeness (QED) is 0.187. The molecule has 0 aliphatic carbocycles. The molecule has 2 N–H and O–H groups in total. The first-order valence-electron chi connectivity index (χ1n) is 13.3. The summed E-state index contributed by atoms with van der Waals surface area (Å²) in [6.45, 7) is 2.69. The van der Waals surface area contributed by atoms with Crippen LogP contribution in [-0.4, -0.2) is 57.0 Å². The van der Waals surface area contributed by atoms with E-state index in [9.17, 15) is 9.81 Å². The van der Waals surface area contributed by atoms with E-state index in [0.29, 0.717) is 59.0 Å². The maximum absolute atomic E-state index is 12.9. The van der Waals surface area contributed by atoms with Gasteiger partial charge in [-0.05, 0) is 36.8 Å². The Morgan fingerprint density at radius 1 is 1.15 bits per heavy atom. The number of nitrogens with one attached hydrogen (secondary N) is 2. The molecule has 0 amide bonds. The Balaban J connectivity index is 1.23. The molecule has 41 heavy (non-hydrogen) atoms. The predicted molar refractivity (Wildman–Crippen MR) is 154 cm³/mol. The molecule has 0 saturated carbocycles. The van der Waals surface area contributed by atoms with Crippen LogP contribution in [0.25, 0.3) is 11.3 Å². The highest BCUT2D eigenvalue weighted by molar-refractivity contribution is 7.89. The average molecular weight is 574 g/mol. The van der Waals surface area contributed by atoms with Crippen LogP contribution in [0.1, 0.15) is 24.8 Å². The van der Waals surface area contributed by atoms with Gasteiger partial charge < -0.3 is 28.6 Å². The van der Waals surface area contributed by atoms with Gasteiger partial charge in [0, 0.05) is 67.9 Å². The Labute approximate surface area is 241 Å². The summed E-state index contributed by atoms with van der Waals surface area (Å²) < 4.78 is 34.9. The van der Waals surface area contributed by atoms with Gasteiger partial charge in [0.05, 0.1) is 49.3 Å². The lowest BCUT2D eigenvalue weighted by Gasteiger charge is -2.23. The highest BCUT2D eigenvalue weighted by Crippen LogP contribution is 2.30. The van der Waals surface area contributed by atoms with Crippen LogP contribution in [0.4, 0.5) is 11.6 Å². The first kappa shape index (κ1) is 28.4. The summed E-state index contributed by atoms with van der Waals surface area (Å²) in [5, 5.41) is 12.9. The van der Waals surface area contributed by atoms with Gasteiger partial charge in [-0.2, -0.15) is 5.26 Å². The van der Waals surface area contributed by atoms with Crippen LogP contribution < -0.4 is 19.5 Å². The van der Waals surface area contributed by atoms with Gasteiger partial charge in [-0.15, -0.1) is 4.72 Å². The maximum atomic E-state index is 12.9. The van der Waals surface area contributed by atoms with Crippen molar-refractivity contribution >= 4 is 23.0 Å². The zero-order valence-electron chi connectivity index (χ0n) is 22.7. The summed E-state index contributed by atoms with van der Waals surface area (Å²) in [6, 6.07) is 14.8. The summed E-state index contributed by atoms with van der Waals surface area (Å²) in [7, 11) is 1.54. The number of aryl methyl sites for hydroxylation is 1. The molecule has 1 fully saturated rings. The van der Waals surface area contributed by atoms with E-state index in [1.165, 1.54) is 7.11 Å². The van der Waals surface area contributed by atoms with Crippen LogP contribution in [0.5, 0.6) is 11.5 Å². The monoisotopic (exact) mass is 573 g/mol. The predicted octanol–water partition coefficient (Wildman–Crippen LogP) is 4.22. The number of nitrogens with zero attached hydrogens (tertiary/aromatic N) is 5. The largest absolute Gasteiger partial charge is 0.593 e. The van der Waals surface area contributed by atoms with E-state index in [4.69, 9.17) is 14.2 Å². The smallest absolute Gasteiger partial charge is 0.227 e. The fourth-order valence-electron chi connectivity index (χ4n) is 4.38. The van der Waals surface area contributed by atoms with Gasteiger partial charge >= 0.3 is 0 Å². The summed E-state index contributed by atoms with van der Waals surface area (Å²) >= 11 is -1.44. The molecule has 2 aromatic heterocycles. The van der Waals surface area contributed by atoms with Crippen LogP contribution in [0, 0.1) is 11.3 Å². The van der Waals surface area contributed by atoms with Gasteiger partial charge in [-0.25, -0.2) is 15.0 Å². The lowest BCUT2D eigenvalue weighted by Crippen LogP contribution is -2.26. The molecule has 4 aromatic rings. The van der Waals surface area contributed by atoms with Gasteiger partial charge in [0.25, 0.3) is 0 Å². The molecule has 11 nitrogen and oxygen atoms in total. The molecule has 1 aliphatic rings. The number of imidazole rings is 1. The number of anilines is 2. The van der Waals surface area contributed by atoms with Crippen molar-refractivity contribution in [2.75, 3.05) is 32.2 Å². The summed E-state index contributed by atoms with van der Waals surface area (Å²) in [6.07, 6.45) is 9.50.